The molecule has 0 spiro atoms. The van der Waals surface area contributed by atoms with Crippen molar-refractivity contribution < 1.29 is 14.6 Å². The highest BCUT2D eigenvalue weighted by atomic mass is 16.5. The van der Waals surface area contributed by atoms with E-state index < -0.39 is 11.9 Å². The van der Waals surface area contributed by atoms with Crippen molar-refractivity contribution in [2.45, 2.75) is 13.3 Å². The second-order valence-corrected chi connectivity index (χ2v) is 3.34. The van der Waals surface area contributed by atoms with Crippen LogP contribution in [0.15, 0.2) is 0 Å². The Morgan fingerprint density at radius 3 is 2.42 bits per heavy atom. The molecule has 12 heavy (non-hydrogen) atoms. The first-order valence-corrected chi connectivity index (χ1v) is 4.17. The van der Waals surface area contributed by atoms with E-state index in [2.05, 4.69) is 0 Å². The molecule has 3 N–H and O–H groups in total. The van der Waals surface area contributed by atoms with Gasteiger partial charge in [0.2, 0.25) is 0 Å². The van der Waals surface area contributed by atoms with E-state index in [0.717, 1.165) is 6.42 Å². The summed E-state index contributed by atoms with van der Waals surface area (Å²) in [5.41, 5.74) is 5.21. The Morgan fingerprint density at radius 2 is 2.33 bits per heavy atom. The average molecular weight is 173 g/mol. The number of carboxylic acid groups (broad SMARTS) is 1. The quantitative estimate of drug-likeness (QED) is 0.631. The number of hydrogen-bond donors (Lipinski definition) is 2. The molecule has 0 aromatic rings. The van der Waals surface area contributed by atoms with Gasteiger partial charge < -0.3 is 15.6 Å². The molecule has 1 aliphatic rings. The minimum Gasteiger partial charge on any atom is -0.481 e. The SMILES string of the molecule is CCC1(C(CN)C(=O)O)COC1. The first-order chi connectivity index (χ1) is 5.66. The van der Waals surface area contributed by atoms with Crippen LogP contribution < -0.4 is 5.73 Å². The Kier molecular flexibility index (Phi) is 2.69. The summed E-state index contributed by atoms with van der Waals surface area (Å²) in [4.78, 5) is 10.8. The van der Waals surface area contributed by atoms with E-state index in [0.29, 0.717) is 13.2 Å². The monoisotopic (exact) mass is 173 g/mol. The van der Waals surface area contributed by atoms with Gasteiger partial charge in [0.15, 0.2) is 0 Å². The lowest BCUT2D eigenvalue weighted by Gasteiger charge is -2.44. The third kappa shape index (κ3) is 1.32. The first kappa shape index (κ1) is 9.48. The lowest BCUT2D eigenvalue weighted by atomic mass is 9.71. The molecule has 1 atom stereocenters. The number of aliphatic carboxylic acids is 1. The molecule has 0 saturated carbocycles. The third-order valence-electron chi connectivity index (χ3n) is 2.76. The second-order valence-electron chi connectivity index (χ2n) is 3.34. The Bertz CT molecular complexity index is 172. The minimum absolute atomic E-state index is 0.194. The van der Waals surface area contributed by atoms with Crippen LogP contribution in [-0.2, 0) is 9.53 Å². The van der Waals surface area contributed by atoms with Gasteiger partial charge in [0, 0.05) is 12.0 Å². The van der Waals surface area contributed by atoms with E-state index in [1.54, 1.807) is 0 Å². The Balaban J connectivity index is 2.68. The first-order valence-electron chi connectivity index (χ1n) is 4.17. The van der Waals surface area contributed by atoms with E-state index >= 15 is 0 Å². The molecule has 0 aliphatic carbocycles. The van der Waals surface area contributed by atoms with Gasteiger partial charge in [-0.1, -0.05) is 6.92 Å². The largest absolute Gasteiger partial charge is 0.481 e. The van der Waals surface area contributed by atoms with E-state index in [4.69, 9.17) is 15.6 Å². The molecule has 1 rings (SSSR count). The van der Waals surface area contributed by atoms with Crippen molar-refractivity contribution in [2.75, 3.05) is 19.8 Å². The second kappa shape index (κ2) is 3.41. The summed E-state index contributed by atoms with van der Waals surface area (Å²) in [6.45, 7) is 3.26. The molecular formula is C8H15NO3. The summed E-state index contributed by atoms with van der Waals surface area (Å²) >= 11 is 0. The molecule has 1 fully saturated rings. The van der Waals surface area contributed by atoms with Crippen molar-refractivity contribution in [1.29, 1.82) is 0 Å². The highest BCUT2D eigenvalue weighted by Crippen LogP contribution is 2.38. The van der Waals surface area contributed by atoms with Crippen LogP contribution in [-0.4, -0.2) is 30.8 Å². The molecule has 0 radical (unpaired) electrons. The van der Waals surface area contributed by atoms with Crippen LogP contribution in [0.25, 0.3) is 0 Å². The molecule has 4 nitrogen and oxygen atoms in total. The lowest BCUT2D eigenvalue weighted by molar-refractivity contribution is -0.175. The van der Waals surface area contributed by atoms with Gasteiger partial charge in [-0.25, -0.2) is 0 Å². The van der Waals surface area contributed by atoms with Gasteiger partial charge in [0.1, 0.15) is 0 Å². The number of carboxylic acids is 1. The summed E-state index contributed by atoms with van der Waals surface area (Å²) in [6.07, 6.45) is 0.821. The fourth-order valence-electron chi connectivity index (χ4n) is 1.63. The predicted molar refractivity (Wildman–Crippen MR) is 43.7 cm³/mol. The van der Waals surface area contributed by atoms with Gasteiger partial charge in [-0.05, 0) is 6.42 Å². The lowest BCUT2D eigenvalue weighted by Crippen LogP contribution is -2.53. The van der Waals surface area contributed by atoms with E-state index in [9.17, 15) is 4.79 Å². The maximum Gasteiger partial charge on any atom is 0.308 e. The zero-order valence-corrected chi connectivity index (χ0v) is 7.25. The molecule has 4 heteroatoms. The van der Waals surface area contributed by atoms with Crippen molar-refractivity contribution >= 4 is 5.97 Å². The van der Waals surface area contributed by atoms with Crippen LogP contribution >= 0.6 is 0 Å². The number of rotatable bonds is 4. The molecule has 0 aromatic carbocycles. The fraction of sp³-hybridized carbons (Fsp3) is 0.875. The van der Waals surface area contributed by atoms with Gasteiger partial charge in [0.25, 0.3) is 0 Å². The Morgan fingerprint density at radius 1 is 1.75 bits per heavy atom. The predicted octanol–water partition coefficient (Wildman–Crippen LogP) is 0.0725. The van der Waals surface area contributed by atoms with Crippen LogP contribution in [0.2, 0.25) is 0 Å². The van der Waals surface area contributed by atoms with Crippen LogP contribution in [0.3, 0.4) is 0 Å². The van der Waals surface area contributed by atoms with E-state index in [-0.39, 0.29) is 12.0 Å². The van der Waals surface area contributed by atoms with Crippen molar-refractivity contribution in [2.24, 2.45) is 17.1 Å². The van der Waals surface area contributed by atoms with Gasteiger partial charge in [-0.3, -0.25) is 4.79 Å². The highest BCUT2D eigenvalue weighted by molar-refractivity contribution is 5.71. The minimum atomic E-state index is -0.803. The molecular weight excluding hydrogens is 158 g/mol. The molecule has 0 aromatic heterocycles. The maximum absolute atomic E-state index is 10.8. The number of carbonyl (C=O) groups is 1. The van der Waals surface area contributed by atoms with Crippen molar-refractivity contribution in [1.82, 2.24) is 0 Å². The molecule has 1 aliphatic heterocycles. The molecule has 70 valence electrons. The molecule has 0 bridgehead atoms. The standard InChI is InChI=1S/C8H15NO3/c1-2-8(4-12-5-8)6(3-9)7(10)11/h6H,2-5,9H2,1H3,(H,10,11). The zero-order valence-electron chi connectivity index (χ0n) is 7.25. The molecule has 0 amide bonds. The Labute approximate surface area is 71.7 Å². The van der Waals surface area contributed by atoms with Crippen LogP contribution in [0.5, 0.6) is 0 Å². The fourth-order valence-corrected chi connectivity index (χ4v) is 1.63. The Hall–Kier alpha value is -0.610. The van der Waals surface area contributed by atoms with E-state index in [1.165, 1.54) is 0 Å². The highest BCUT2D eigenvalue weighted by Gasteiger charge is 2.46. The summed E-state index contributed by atoms with van der Waals surface area (Å²) in [6, 6.07) is 0. The van der Waals surface area contributed by atoms with Gasteiger partial charge in [-0.15, -0.1) is 0 Å². The summed E-state index contributed by atoms with van der Waals surface area (Å²) in [5.74, 6) is -1.25. The topological polar surface area (TPSA) is 72.6 Å². The number of hydrogen-bond acceptors (Lipinski definition) is 3. The zero-order chi connectivity index (χ0) is 9.19. The summed E-state index contributed by atoms with van der Waals surface area (Å²) in [5, 5.41) is 8.87. The van der Waals surface area contributed by atoms with Gasteiger partial charge >= 0.3 is 5.97 Å². The summed E-state index contributed by atoms with van der Waals surface area (Å²) < 4.78 is 5.04. The maximum atomic E-state index is 10.8. The van der Waals surface area contributed by atoms with Gasteiger partial charge in [0.05, 0.1) is 19.1 Å². The van der Waals surface area contributed by atoms with E-state index in [1.807, 2.05) is 6.92 Å². The van der Waals surface area contributed by atoms with Crippen LogP contribution in [0.1, 0.15) is 13.3 Å². The molecule has 1 unspecified atom stereocenters. The van der Waals surface area contributed by atoms with Gasteiger partial charge in [-0.2, -0.15) is 0 Å². The third-order valence-corrected chi connectivity index (χ3v) is 2.76. The van der Waals surface area contributed by atoms with Crippen molar-refractivity contribution in [3.63, 3.8) is 0 Å². The normalized spacial score (nSPS) is 22.8. The molecule has 1 saturated heterocycles. The van der Waals surface area contributed by atoms with Crippen LogP contribution in [0, 0.1) is 11.3 Å². The smallest absolute Gasteiger partial charge is 0.308 e. The summed E-state index contributed by atoms with van der Waals surface area (Å²) in [7, 11) is 0. The van der Waals surface area contributed by atoms with Crippen molar-refractivity contribution in [3.05, 3.63) is 0 Å². The number of ether oxygens (including phenoxy) is 1. The number of nitrogens with two attached hydrogens (primary N) is 1. The van der Waals surface area contributed by atoms with Crippen molar-refractivity contribution in [3.8, 4) is 0 Å². The molecule has 1 heterocycles. The van der Waals surface area contributed by atoms with Crippen LogP contribution in [0.4, 0.5) is 0 Å². The average Bonchev–Trinajstić information content (AvgIpc) is 1.95.